The molecule has 2 aromatic carbocycles. The first-order valence-electron chi connectivity index (χ1n) is 7.45. The van der Waals surface area contributed by atoms with E-state index in [0.717, 1.165) is 18.4 Å². The summed E-state index contributed by atoms with van der Waals surface area (Å²) in [5, 5.41) is 5.33. The molecule has 0 bridgehead atoms. The molecule has 1 atom stereocenters. The van der Waals surface area contributed by atoms with Crippen molar-refractivity contribution in [2.45, 2.75) is 17.9 Å². The van der Waals surface area contributed by atoms with E-state index in [0.29, 0.717) is 0 Å². The molecule has 0 saturated carbocycles. The molecule has 2 rings (SSSR count). The average molecular weight is 368 g/mol. The van der Waals surface area contributed by atoms with Crippen LogP contribution in [0.25, 0.3) is 0 Å². The fraction of sp³-hybridized carbons (Fsp3) is 0.235. The Morgan fingerprint density at radius 2 is 1.84 bits per heavy atom. The smallest absolute Gasteiger partial charge is 0.238 e. The molecule has 2 N–H and O–H groups in total. The molecule has 0 unspecified atom stereocenters. The van der Waals surface area contributed by atoms with Crippen LogP contribution >= 0.6 is 0 Å². The van der Waals surface area contributed by atoms with Crippen molar-refractivity contribution in [3.05, 3.63) is 59.7 Å². The number of hydrogen-bond donors (Lipinski definition) is 2. The van der Waals surface area contributed by atoms with Gasteiger partial charge in [0.25, 0.3) is 0 Å². The van der Waals surface area contributed by atoms with Gasteiger partial charge in [-0.25, -0.2) is 17.2 Å². The van der Waals surface area contributed by atoms with Gasteiger partial charge in [0.15, 0.2) is 9.84 Å². The minimum absolute atomic E-state index is 0.0148. The summed E-state index contributed by atoms with van der Waals surface area (Å²) in [6.45, 7) is 1.46. The third-order valence-electron chi connectivity index (χ3n) is 3.56. The van der Waals surface area contributed by atoms with Crippen LogP contribution in [0.2, 0.25) is 0 Å². The van der Waals surface area contributed by atoms with E-state index in [2.05, 4.69) is 10.6 Å². The van der Waals surface area contributed by atoms with Gasteiger partial charge in [-0.1, -0.05) is 18.2 Å². The first-order chi connectivity index (χ1) is 11.7. The second kappa shape index (κ2) is 7.71. The molecule has 0 aromatic heterocycles. The van der Waals surface area contributed by atoms with Gasteiger partial charge in [-0.3, -0.25) is 4.79 Å². The fourth-order valence-electron chi connectivity index (χ4n) is 2.30. The predicted octanol–water partition coefficient (Wildman–Crippen LogP) is 2.66. The number of rotatable bonds is 6. The van der Waals surface area contributed by atoms with Crippen LogP contribution in [0.4, 0.5) is 14.5 Å². The topological polar surface area (TPSA) is 75.3 Å². The van der Waals surface area contributed by atoms with Crippen LogP contribution in [0.15, 0.2) is 47.4 Å². The fourth-order valence-corrected chi connectivity index (χ4v) is 3.14. The Kier molecular flexibility index (Phi) is 5.86. The lowest BCUT2D eigenvalue weighted by atomic mass is 10.1. The van der Waals surface area contributed by atoms with Gasteiger partial charge in [0.1, 0.15) is 11.6 Å². The van der Waals surface area contributed by atoms with E-state index < -0.39 is 33.4 Å². The van der Waals surface area contributed by atoms with Crippen LogP contribution < -0.4 is 10.6 Å². The van der Waals surface area contributed by atoms with Gasteiger partial charge in [0.2, 0.25) is 5.91 Å². The number of halogens is 2. The number of sulfone groups is 1. The predicted molar refractivity (Wildman–Crippen MR) is 91.0 cm³/mol. The summed E-state index contributed by atoms with van der Waals surface area (Å²) in [5.41, 5.74) is 0.406. The van der Waals surface area contributed by atoms with Gasteiger partial charge >= 0.3 is 0 Å². The molecule has 0 radical (unpaired) electrons. The number of nitrogens with one attached hydrogen (secondary N) is 2. The summed E-state index contributed by atoms with van der Waals surface area (Å²) < 4.78 is 50.1. The Balaban J connectivity index is 2.02. The van der Waals surface area contributed by atoms with Crippen molar-refractivity contribution in [3.8, 4) is 0 Å². The third-order valence-corrected chi connectivity index (χ3v) is 4.71. The number of anilines is 1. The quantitative estimate of drug-likeness (QED) is 0.822. The molecule has 0 saturated heterocycles. The first-order valence-corrected chi connectivity index (χ1v) is 9.35. The van der Waals surface area contributed by atoms with E-state index in [1.54, 1.807) is 19.1 Å². The number of hydrogen-bond acceptors (Lipinski definition) is 4. The lowest BCUT2D eigenvalue weighted by Gasteiger charge is -2.15. The largest absolute Gasteiger partial charge is 0.324 e. The molecule has 0 fully saturated rings. The molecule has 1 amide bonds. The Bertz CT molecular complexity index is 885. The zero-order chi connectivity index (χ0) is 18.6. The summed E-state index contributed by atoms with van der Waals surface area (Å²) in [6, 6.07) is 8.73. The molecule has 0 aliphatic rings. The van der Waals surface area contributed by atoms with Crippen LogP contribution in [-0.2, 0) is 14.6 Å². The molecular weight excluding hydrogens is 350 g/mol. The third kappa shape index (κ3) is 5.07. The molecule has 2 aromatic rings. The monoisotopic (exact) mass is 368 g/mol. The maximum absolute atomic E-state index is 13.7. The Morgan fingerprint density at radius 1 is 1.16 bits per heavy atom. The zero-order valence-corrected chi connectivity index (χ0v) is 14.5. The van der Waals surface area contributed by atoms with Gasteiger partial charge in [0.05, 0.1) is 17.1 Å². The van der Waals surface area contributed by atoms with Gasteiger partial charge in [-0.2, -0.15) is 0 Å². The molecule has 0 aliphatic heterocycles. The van der Waals surface area contributed by atoms with E-state index in [1.165, 1.54) is 18.2 Å². The SMILES string of the molecule is C[C@@H](NCC(=O)Nc1ccccc1S(C)(=O)=O)c1ccc(F)cc1F. The molecule has 0 aliphatic carbocycles. The van der Waals surface area contributed by atoms with Crippen LogP contribution in [0.5, 0.6) is 0 Å². The summed E-state index contributed by atoms with van der Waals surface area (Å²) in [5.74, 6) is -1.86. The lowest BCUT2D eigenvalue weighted by molar-refractivity contribution is -0.115. The summed E-state index contributed by atoms with van der Waals surface area (Å²) in [6.07, 6.45) is 1.05. The second-order valence-electron chi connectivity index (χ2n) is 5.58. The van der Waals surface area contributed by atoms with Crippen molar-refractivity contribution in [2.75, 3.05) is 18.1 Å². The molecule has 134 valence electrons. The average Bonchev–Trinajstić information content (AvgIpc) is 2.52. The molecule has 0 spiro atoms. The molecule has 5 nitrogen and oxygen atoms in total. The molecule has 0 heterocycles. The van der Waals surface area contributed by atoms with Crippen molar-refractivity contribution in [1.29, 1.82) is 0 Å². The number of carbonyl (C=O) groups excluding carboxylic acids is 1. The van der Waals surface area contributed by atoms with Crippen LogP contribution in [0.3, 0.4) is 0 Å². The van der Waals surface area contributed by atoms with Crippen LogP contribution in [0, 0.1) is 11.6 Å². The number of amides is 1. The number of benzene rings is 2. The maximum atomic E-state index is 13.7. The first kappa shape index (κ1) is 19.0. The Hall–Kier alpha value is -2.32. The molecule has 8 heteroatoms. The van der Waals surface area contributed by atoms with Crippen molar-refractivity contribution in [2.24, 2.45) is 0 Å². The zero-order valence-electron chi connectivity index (χ0n) is 13.7. The van der Waals surface area contributed by atoms with Crippen molar-refractivity contribution in [1.82, 2.24) is 5.32 Å². The summed E-state index contributed by atoms with van der Waals surface area (Å²) >= 11 is 0. The Morgan fingerprint density at radius 3 is 2.48 bits per heavy atom. The van der Waals surface area contributed by atoms with E-state index in [1.807, 2.05) is 0 Å². The maximum Gasteiger partial charge on any atom is 0.238 e. The van der Waals surface area contributed by atoms with Crippen LogP contribution in [0.1, 0.15) is 18.5 Å². The number of para-hydroxylation sites is 1. The molecular formula is C17H18F2N2O3S. The lowest BCUT2D eigenvalue weighted by Crippen LogP contribution is -2.30. The van der Waals surface area contributed by atoms with Crippen LogP contribution in [-0.4, -0.2) is 27.1 Å². The second-order valence-corrected chi connectivity index (χ2v) is 7.57. The highest BCUT2D eigenvalue weighted by atomic mass is 32.2. The highest BCUT2D eigenvalue weighted by molar-refractivity contribution is 7.90. The highest BCUT2D eigenvalue weighted by Crippen LogP contribution is 2.21. The molecule has 25 heavy (non-hydrogen) atoms. The standard InChI is InChI=1S/C17H18F2N2O3S/c1-11(13-8-7-12(18)9-14(13)19)20-10-17(22)21-15-5-3-4-6-16(15)25(2,23)24/h3-9,11,20H,10H2,1-2H3,(H,21,22)/t11-/m1/s1. The van der Waals surface area contributed by atoms with Gasteiger partial charge in [0, 0.05) is 23.9 Å². The van der Waals surface area contributed by atoms with E-state index in [4.69, 9.17) is 0 Å². The van der Waals surface area contributed by atoms with E-state index >= 15 is 0 Å². The summed E-state index contributed by atoms with van der Waals surface area (Å²) in [7, 11) is -3.48. The Labute approximate surface area is 145 Å². The van der Waals surface area contributed by atoms with E-state index in [-0.39, 0.29) is 22.7 Å². The van der Waals surface area contributed by atoms with Crippen molar-refractivity contribution < 1.29 is 22.0 Å². The number of carbonyl (C=O) groups is 1. The van der Waals surface area contributed by atoms with Crippen molar-refractivity contribution in [3.63, 3.8) is 0 Å². The minimum atomic E-state index is -3.48. The van der Waals surface area contributed by atoms with Crippen molar-refractivity contribution >= 4 is 21.4 Å². The van der Waals surface area contributed by atoms with Gasteiger partial charge < -0.3 is 10.6 Å². The minimum Gasteiger partial charge on any atom is -0.324 e. The van der Waals surface area contributed by atoms with Gasteiger partial charge in [-0.05, 0) is 25.1 Å². The summed E-state index contributed by atoms with van der Waals surface area (Å²) in [4.78, 5) is 12.1. The van der Waals surface area contributed by atoms with Gasteiger partial charge in [-0.15, -0.1) is 0 Å². The van der Waals surface area contributed by atoms with E-state index in [9.17, 15) is 22.0 Å². The highest BCUT2D eigenvalue weighted by Gasteiger charge is 2.16. The normalized spacial score (nSPS) is 12.6.